The van der Waals surface area contributed by atoms with E-state index in [-0.39, 0.29) is 11.3 Å². The number of hydrogen-bond donors (Lipinski definition) is 1. The molecular weight excluding hydrogens is 338 g/mol. The molecule has 1 amide bonds. The van der Waals surface area contributed by atoms with Gasteiger partial charge in [-0.25, -0.2) is 9.67 Å². The van der Waals surface area contributed by atoms with E-state index in [1.807, 2.05) is 32.0 Å². The van der Waals surface area contributed by atoms with Crippen LogP contribution in [-0.4, -0.2) is 25.7 Å². The van der Waals surface area contributed by atoms with Crippen molar-refractivity contribution in [1.82, 2.24) is 19.7 Å². The number of nitrogens with one attached hydrogen (secondary N) is 1. The summed E-state index contributed by atoms with van der Waals surface area (Å²) in [6, 6.07) is 8.42. The maximum atomic E-state index is 12.4. The Kier molecular flexibility index (Phi) is 4.99. The van der Waals surface area contributed by atoms with Gasteiger partial charge < -0.3 is 0 Å². The van der Waals surface area contributed by atoms with E-state index in [4.69, 9.17) is 0 Å². The quantitative estimate of drug-likeness (QED) is 0.760. The molecule has 0 spiro atoms. The zero-order chi connectivity index (χ0) is 17.8. The van der Waals surface area contributed by atoms with E-state index in [0.717, 1.165) is 22.7 Å². The molecule has 7 nitrogen and oxygen atoms in total. The zero-order valence-electron chi connectivity index (χ0n) is 13.9. The Balaban J connectivity index is 1.82. The molecule has 0 bridgehead atoms. The number of pyridine rings is 1. The summed E-state index contributed by atoms with van der Waals surface area (Å²) in [6.45, 7) is 4.29. The molecule has 25 heavy (non-hydrogen) atoms. The lowest BCUT2D eigenvalue weighted by atomic mass is 10.3. The third kappa shape index (κ3) is 3.80. The molecule has 0 fully saturated rings. The van der Waals surface area contributed by atoms with E-state index in [2.05, 4.69) is 20.4 Å². The molecule has 128 valence electrons. The van der Waals surface area contributed by atoms with Crippen LogP contribution in [-0.2, 0) is 6.54 Å². The Morgan fingerprint density at radius 3 is 2.84 bits per heavy atom. The van der Waals surface area contributed by atoms with Gasteiger partial charge in [0.05, 0.1) is 16.3 Å². The first-order chi connectivity index (χ1) is 12.1. The monoisotopic (exact) mass is 355 g/mol. The highest BCUT2D eigenvalue weighted by Gasteiger charge is 2.15. The fourth-order valence-electron chi connectivity index (χ4n) is 2.29. The molecule has 0 saturated heterocycles. The lowest BCUT2D eigenvalue weighted by Gasteiger charge is -2.05. The highest BCUT2D eigenvalue weighted by Crippen LogP contribution is 2.31. The predicted molar refractivity (Wildman–Crippen MR) is 96.8 cm³/mol. The number of anilines is 1. The Bertz CT molecular complexity index is 949. The van der Waals surface area contributed by atoms with Crippen molar-refractivity contribution >= 4 is 22.4 Å². The Hall–Kier alpha value is -2.87. The van der Waals surface area contributed by atoms with Gasteiger partial charge in [-0.2, -0.15) is 5.10 Å². The van der Waals surface area contributed by atoms with Gasteiger partial charge in [-0.05, 0) is 31.5 Å². The Labute approximate surface area is 148 Å². The van der Waals surface area contributed by atoms with Crippen molar-refractivity contribution in [2.24, 2.45) is 0 Å². The SMILES string of the molecule is CCCn1nc(C(=O)Nc2nc(C)c(-c3ccccn3)s2)ccc1=O. The van der Waals surface area contributed by atoms with Gasteiger partial charge in [-0.1, -0.05) is 24.3 Å². The molecule has 0 radical (unpaired) electrons. The highest BCUT2D eigenvalue weighted by molar-refractivity contribution is 7.19. The second-order valence-corrected chi connectivity index (χ2v) is 6.38. The molecule has 8 heteroatoms. The molecule has 1 N–H and O–H groups in total. The topological polar surface area (TPSA) is 89.8 Å². The molecule has 0 aliphatic heterocycles. The number of aromatic nitrogens is 4. The normalized spacial score (nSPS) is 10.6. The smallest absolute Gasteiger partial charge is 0.277 e. The summed E-state index contributed by atoms with van der Waals surface area (Å²) in [7, 11) is 0. The van der Waals surface area contributed by atoms with Crippen molar-refractivity contribution in [2.75, 3.05) is 5.32 Å². The molecule has 0 saturated carbocycles. The lowest BCUT2D eigenvalue weighted by Crippen LogP contribution is -2.26. The summed E-state index contributed by atoms with van der Waals surface area (Å²) in [5.74, 6) is -0.397. The van der Waals surface area contributed by atoms with Crippen molar-refractivity contribution < 1.29 is 4.79 Å². The van der Waals surface area contributed by atoms with Gasteiger partial charge in [0.15, 0.2) is 5.13 Å². The van der Waals surface area contributed by atoms with E-state index in [1.54, 1.807) is 6.20 Å². The van der Waals surface area contributed by atoms with E-state index >= 15 is 0 Å². The Morgan fingerprint density at radius 2 is 2.12 bits per heavy atom. The first-order valence-electron chi connectivity index (χ1n) is 7.87. The third-order valence-electron chi connectivity index (χ3n) is 3.45. The molecule has 0 unspecified atom stereocenters. The van der Waals surface area contributed by atoms with Gasteiger partial charge in [-0.15, -0.1) is 0 Å². The van der Waals surface area contributed by atoms with Crippen LogP contribution in [0.4, 0.5) is 5.13 Å². The summed E-state index contributed by atoms with van der Waals surface area (Å²) in [5, 5.41) is 7.31. The fraction of sp³-hybridized carbons (Fsp3) is 0.235. The van der Waals surface area contributed by atoms with Crippen LogP contribution in [0.15, 0.2) is 41.3 Å². The molecule has 3 rings (SSSR count). The van der Waals surface area contributed by atoms with E-state index in [0.29, 0.717) is 11.7 Å². The predicted octanol–water partition coefficient (Wildman–Crippen LogP) is 2.73. The number of aryl methyl sites for hydroxylation is 2. The minimum absolute atomic E-state index is 0.181. The molecular formula is C17H17N5O2S. The minimum Gasteiger partial charge on any atom is -0.296 e. The van der Waals surface area contributed by atoms with Gasteiger partial charge in [0.2, 0.25) is 0 Å². The van der Waals surface area contributed by atoms with Crippen LogP contribution in [0.1, 0.15) is 29.5 Å². The van der Waals surface area contributed by atoms with Crippen molar-refractivity contribution in [3.8, 4) is 10.6 Å². The average molecular weight is 355 g/mol. The van der Waals surface area contributed by atoms with Crippen LogP contribution >= 0.6 is 11.3 Å². The average Bonchev–Trinajstić information content (AvgIpc) is 2.98. The number of thiazole rings is 1. The maximum absolute atomic E-state index is 12.4. The van der Waals surface area contributed by atoms with Crippen molar-refractivity contribution in [3.05, 3.63) is 58.3 Å². The third-order valence-corrected chi connectivity index (χ3v) is 4.54. The number of amides is 1. The molecule has 0 aliphatic carbocycles. The van der Waals surface area contributed by atoms with Crippen LogP contribution in [0, 0.1) is 6.92 Å². The van der Waals surface area contributed by atoms with Crippen LogP contribution in [0.2, 0.25) is 0 Å². The first-order valence-corrected chi connectivity index (χ1v) is 8.68. The van der Waals surface area contributed by atoms with Gasteiger partial charge in [-0.3, -0.25) is 19.9 Å². The minimum atomic E-state index is -0.397. The zero-order valence-corrected chi connectivity index (χ0v) is 14.7. The highest BCUT2D eigenvalue weighted by atomic mass is 32.1. The summed E-state index contributed by atoms with van der Waals surface area (Å²) in [4.78, 5) is 33.7. The number of carbonyl (C=O) groups is 1. The van der Waals surface area contributed by atoms with Gasteiger partial charge >= 0.3 is 0 Å². The van der Waals surface area contributed by atoms with E-state index in [1.165, 1.54) is 28.2 Å². The van der Waals surface area contributed by atoms with Gasteiger partial charge in [0.1, 0.15) is 5.69 Å². The number of carbonyl (C=O) groups excluding carboxylic acids is 1. The second kappa shape index (κ2) is 7.35. The lowest BCUT2D eigenvalue weighted by molar-refractivity contribution is 0.101. The summed E-state index contributed by atoms with van der Waals surface area (Å²) in [5.41, 5.74) is 1.57. The summed E-state index contributed by atoms with van der Waals surface area (Å²) < 4.78 is 1.29. The number of rotatable bonds is 5. The van der Waals surface area contributed by atoms with Crippen molar-refractivity contribution in [1.29, 1.82) is 0 Å². The maximum Gasteiger partial charge on any atom is 0.277 e. The molecule has 3 aromatic rings. The summed E-state index contributed by atoms with van der Waals surface area (Å²) >= 11 is 1.35. The fourth-order valence-corrected chi connectivity index (χ4v) is 3.23. The van der Waals surface area contributed by atoms with Crippen LogP contribution in [0.3, 0.4) is 0 Å². The number of nitrogens with zero attached hydrogens (tertiary/aromatic N) is 4. The largest absolute Gasteiger partial charge is 0.296 e. The molecule has 0 aromatic carbocycles. The van der Waals surface area contributed by atoms with E-state index in [9.17, 15) is 9.59 Å². The van der Waals surface area contributed by atoms with Gasteiger partial charge in [0, 0.05) is 18.8 Å². The standard InChI is InChI=1S/C17H17N5O2S/c1-3-10-22-14(23)8-7-13(21-22)16(24)20-17-19-11(2)15(25-17)12-6-4-5-9-18-12/h4-9H,3,10H2,1-2H3,(H,19,20,24). The van der Waals surface area contributed by atoms with Gasteiger partial charge in [0.25, 0.3) is 11.5 Å². The van der Waals surface area contributed by atoms with Crippen molar-refractivity contribution in [2.45, 2.75) is 26.8 Å². The van der Waals surface area contributed by atoms with Crippen LogP contribution in [0.25, 0.3) is 10.6 Å². The Morgan fingerprint density at radius 1 is 1.28 bits per heavy atom. The van der Waals surface area contributed by atoms with Crippen LogP contribution in [0.5, 0.6) is 0 Å². The first kappa shape index (κ1) is 17.0. The molecule has 0 aliphatic rings. The number of hydrogen-bond acceptors (Lipinski definition) is 6. The van der Waals surface area contributed by atoms with E-state index < -0.39 is 5.91 Å². The second-order valence-electron chi connectivity index (χ2n) is 5.38. The van der Waals surface area contributed by atoms with Crippen LogP contribution < -0.4 is 10.9 Å². The molecule has 3 heterocycles. The molecule has 0 atom stereocenters. The van der Waals surface area contributed by atoms with Crippen molar-refractivity contribution in [3.63, 3.8) is 0 Å². The molecule has 3 aromatic heterocycles. The summed E-state index contributed by atoms with van der Waals surface area (Å²) in [6.07, 6.45) is 2.48.